The first kappa shape index (κ1) is 15.7. The number of hydrogen-bond donors (Lipinski definition) is 1. The summed E-state index contributed by atoms with van der Waals surface area (Å²) >= 11 is 4.98. The van der Waals surface area contributed by atoms with Crippen LogP contribution in [0, 0.1) is 0 Å². The normalized spacial score (nSPS) is 16.3. The molecule has 0 bridgehead atoms. The number of ether oxygens (including phenoxy) is 1. The molecule has 2 rings (SSSR count). The molecule has 114 valence electrons. The van der Waals surface area contributed by atoms with Crippen molar-refractivity contribution in [1.29, 1.82) is 0 Å². The highest BCUT2D eigenvalue weighted by molar-refractivity contribution is 7.80. The minimum Gasteiger partial charge on any atom is -0.483 e. The molecule has 2 N–H and O–H groups in total. The summed E-state index contributed by atoms with van der Waals surface area (Å²) in [6.45, 7) is 3.46. The molecule has 0 atom stereocenters. The van der Waals surface area contributed by atoms with Crippen molar-refractivity contribution in [2.75, 3.05) is 39.8 Å². The summed E-state index contributed by atoms with van der Waals surface area (Å²) in [6, 6.07) is 7.25. The fraction of sp³-hybridized carbons (Fsp3) is 0.467. The molecule has 5 nitrogen and oxygen atoms in total. The fourth-order valence-electron chi connectivity index (χ4n) is 2.32. The summed E-state index contributed by atoms with van der Waals surface area (Å²) in [6.07, 6.45) is 0.992. The van der Waals surface area contributed by atoms with E-state index in [2.05, 4.69) is 11.9 Å². The van der Waals surface area contributed by atoms with Gasteiger partial charge in [0.05, 0.1) is 5.56 Å². The molecule has 1 fully saturated rings. The van der Waals surface area contributed by atoms with Gasteiger partial charge < -0.3 is 20.3 Å². The van der Waals surface area contributed by atoms with E-state index in [9.17, 15) is 4.79 Å². The van der Waals surface area contributed by atoms with Crippen LogP contribution in [0.4, 0.5) is 0 Å². The number of likely N-dealkylation sites (N-methyl/N-ethyl adjacent to an activating group) is 1. The zero-order valence-electron chi connectivity index (χ0n) is 12.2. The Balaban J connectivity index is 1.93. The van der Waals surface area contributed by atoms with Gasteiger partial charge in [0.2, 0.25) is 0 Å². The van der Waals surface area contributed by atoms with Gasteiger partial charge in [0.1, 0.15) is 10.7 Å². The number of carbonyl (C=O) groups is 1. The van der Waals surface area contributed by atoms with Crippen molar-refractivity contribution in [3.8, 4) is 5.75 Å². The Hall–Kier alpha value is -1.66. The number of nitrogens with zero attached hydrogens (tertiary/aromatic N) is 2. The molecule has 0 unspecified atom stereocenters. The van der Waals surface area contributed by atoms with Gasteiger partial charge in [0.25, 0.3) is 5.91 Å². The van der Waals surface area contributed by atoms with Gasteiger partial charge in [0, 0.05) is 19.6 Å². The monoisotopic (exact) mass is 307 g/mol. The van der Waals surface area contributed by atoms with E-state index in [0.717, 1.165) is 32.6 Å². The standard InChI is InChI=1S/C15H21N3O2S/c1-17-7-4-8-18(10-9-17)14(19)11-20-13-6-3-2-5-12(13)15(16)21/h2-3,5-6H,4,7-11H2,1H3,(H2,16,21). The number of carbonyl (C=O) groups excluding carboxylic acids is 1. The minimum absolute atomic E-state index is 0.00282. The molecule has 1 heterocycles. The van der Waals surface area contributed by atoms with Crippen LogP contribution in [0.25, 0.3) is 0 Å². The van der Waals surface area contributed by atoms with Gasteiger partial charge in [-0.1, -0.05) is 24.4 Å². The van der Waals surface area contributed by atoms with Crippen LogP contribution in [0.1, 0.15) is 12.0 Å². The molecule has 0 aliphatic carbocycles. The second kappa shape index (κ2) is 7.38. The van der Waals surface area contributed by atoms with E-state index in [0.29, 0.717) is 11.3 Å². The second-order valence-corrected chi connectivity index (χ2v) is 5.63. The van der Waals surface area contributed by atoms with E-state index >= 15 is 0 Å². The van der Waals surface area contributed by atoms with E-state index in [1.165, 1.54) is 0 Å². The Labute approximate surface area is 130 Å². The summed E-state index contributed by atoms with van der Waals surface area (Å²) in [5.41, 5.74) is 6.31. The lowest BCUT2D eigenvalue weighted by Gasteiger charge is -2.21. The van der Waals surface area contributed by atoms with Crippen LogP contribution in [0.5, 0.6) is 5.75 Å². The molecule has 1 aromatic carbocycles. The van der Waals surface area contributed by atoms with Crippen molar-refractivity contribution in [2.45, 2.75) is 6.42 Å². The highest BCUT2D eigenvalue weighted by Gasteiger charge is 2.18. The van der Waals surface area contributed by atoms with Gasteiger partial charge in [-0.25, -0.2) is 0 Å². The van der Waals surface area contributed by atoms with Crippen LogP contribution in [0.3, 0.4) is 0 Å². The zero-order chi connectivity index (χ0) is 15.2. The average molecular weight is 307 g/mol. The predicted octanol–water partition coefficient (Wildman–Crippen LogP) is 0.864. The summed E-state index contributed by atoms with van der Waals surface area (Å²) in [5, 5.41) is 0. The Morgan fingerprint density at radius 3 is 2.81 bits per heavy atom. The van der Waals surface area contributed by atoms with E-state index < -0.39 is 0 Å². The van der Waals surface area contributed by atoms with Gasteiger partial charge >= 0.3 is 0 Å². The SMILES string of the molecule is CN1CCCN(C(=O)COc2ccccc2C(N)=S)CC1. The van der Waals surface area contributed by atoms with Crippen LogP contribution in [-0.4, -0.2) is 60.5 Å². The molecule has 21 heavy (non-hydrogen) atoms. The van der Waals surface area contributed by atoms with E-state index in [-0.39, 0.29) is 17.5 Å². The molecule has 0 radical (unpaired) electrons. The maximum atomic E-state index is 12.2. The van der Waals surface area contributed by atoms with Crippen LogP contribution in [0.2, 0.25) is 0 Å². The third-order valence-corrected chi connectivity index (χ3v) is 3.80. The number of benzene rings is 1. The first-order valence-electron chi connectivity index (χ1n) is 7.06. The Kier molecular flexibility index (Phi) is 5.52. The quantitative estimate of drug-likeness (QED) is 0.836. The first-order valence-corrected chi connectivity index (χ1v) is 7.46. The minimum atomic E-state index is 0.00282. The van der Waals surface area contributed by atoms with E-state index in [1.54, 1.807) is 12.1 Å². The lowest BCUT2D eigenvalue weighted by Crippen LogP contribution is -2.37. The number of nitrogens with two attached hydrogens (primary N) is 1. The van der Waals surface area contributed by atoms with E-state index in [1.807, 2.05) is 17.0 Å². The van der Waals surface area contributed by atoms with Crippen LogP contribution in [-0.2, 0) is 4.79 Å². The van der Waals surface area contributed by atoms with Crippen molar-refractivity contribution in [3.63, 3.8) is 0 Å². The summed E-state index contributed by atoms with van der Waals surface area (Å²) in [4.78, 5) is 16.6. The second-order valence-electron chi connectivity index (χ2n) is 5.19. The summed E-state index contributed by atoms with van der Waals surface area (Å²) in [7, 11) is 2.07. The molecule has 6 heteroatoms. The Morgan fingerprint density at radius 2 is 2.05 bits per heavy atom. The topological polar surface area (TPSA) is 58.8 Å². The maximum absolute atomic E-state index is 12.2. The molecular formula is C15H21N3O2S. The number of amides is 1. The highest BCUT2D eigenvalue weighted by atomic mass is 32.1. The van der Waals surface area contributed by atoms with Gasteiger partial charge in [-0.05, 0) is 32.1 Å². The number of para-hydroxylation sites is 1. The predicted molar refractivity (Wildman–Crippen MR) is 86.5 cm³/mol. The van der Waals surface area contributed by atoms with Crippen molar-refractivity contribution in [1.82, 2.24) is 9.80 Å². The van der Waals surface area contributed by atoms with Crippen molar-refractivity contribution < 1.29 is 9.53 Å². The fourth-order valence-corrected chi connectivity index (χ4v) is 2.49. The average Bonchev–Trinajstić information content (AvgIpc) is 2.69. The van der Waals surface area contributed by atoms with Crippen LogP contribution >= 0.6 is 12.2 Å². The van der Waals surface area contributed by atoms with Gasteiger partial charge in [-0.3, -0.25) is 4.79 Å². The summed E-state index contributed by atoms with van der Waals surface area (Å²) < 4.78 is 5.61. The molecule has 1 saturated heterocycles. The molecule has 1 aliphatic rings. The molecule has 0 aromatic heterocycles. The molecule has 0 saturated carbocycles. The van der Waals surface area contributed by atoms with Crippen molar-refractivity contribution >= 4 is 23.1 Å². The van der Waals surface area contributed by atoms with Crippen LogP contribution < -0.4 is 10.5 Å². The Morgan fingerprint density at radius 1 is 1.29 bits per heavy atom. The van der Waals surface area contributed by atoms with Crippen molar-refractivity contribution in [2.24, 2.45) is 5.73 Å². The maximum Gasteiger partial charge on any atom is 0.260 e. The molecule has 0 spiro atoms. The van der Waals surface area contributed by atoms with Gasteiger partial charge in [-0.15, -0.1) is 0 Å². The largest absolute Gasteiger partial charge is 0.483 e. The first-order chi connectivity index (χ1) is 10.1. The third-order valence-electron chi connectivity index (χ3n) is 3.58. The Bertz CT molecular complexity index is 521. The van der Waals surface area contributed by atoms with Gasteiger partial charge in [-0.2, -0.15) is 0 Å². The molecule has 1 aliphatic heterocycles. The number of thiocarbonyl (C=S) groups is 1. The molecule has 1 aromatic rings. The number of rotatable bonds is 4. The van der Waals surface area contributed by atoms with Gasteiger partial charge in [0.15, 0.2) is 6.61 Å². The van der Waals surface area contributed by atoms with E-state index in [4.69, 9.17) is 22.7 Å². The van der Waals surface area contributed by atoms with Crippen molar-refractivity contribution in [3.05, 3.63) is 29.8 Å². The zero-order valence-corrected chi connectivity index (χ0v) is 13.1. The molecular weight excluding hydrogens is 286 g/mol. The smallest absolute Gasteiger partial charge is 0.260 e. The molecule has 1 amide bonds. The number of hydrogen-bond acceptors (Lipinski definition) is 4. The lowest BCUT2D eigenvalue weighted by atomic mass is 10.2. The summed E-state index contributed by atoms with van der Waals surface area (Å²) in [5.74, 6) is 0.563. The third kappa shape index (κ3) is 4.41. The highest BCUT2D eigenvalue weighted by Crippen LogP contribution is 2.17. The lowest BCUT2D eigenvalue weighted by molar-refractivity contribution is -0.133. The van der Waals surface area contributed by atoms with Crippen LogP contribution in [0.15, 0.2) is 24.3 Å².